The Morgan fingerprint density at radius 2 is 1.71 bits per heavy atom. The molecule has 1 N–H and O–H groups in total. The fraction of sp³-hybridized carbons (Fsp3) is 0.286. The minimum Gasteiger partial charge on any atom is -0.292 e. The van der Waals surface area contributed by atoms with Crippen molar-refractivity contribution < 1.29 is 9.59 Å². The van der Waals surface area contributed by atoms with E-state index in [9.17, 15) is 9.59 Å². The summed E-state index contributed by atoms with van der Waals surface area (Å²) in [4.78, 5) is 22.7. The Morgan fingerprint density at radius 3 is 2.18 bits per heavy atom. The molecule has 0 aromatic heterocycles. The summed E-state index contributed by atoms with van der Waals surface area (Å²) in [7, 11) is 0. The number of hydrogen-bond donors (Lipinski definition) is 1. The predicted molar refractivity (Wildman–Crippen MR) is 66.3 cm³/mol. The van der Waals surface area contributed by atoms with Crippen LogP contribution in [0.4, 0.5) is 0 Å². The van der Waals surface area contributed by atoms with E-state index in [1.54, 1.807) is 0 Å². The first-order valence-corrected chi connectivity index (χ1v) is 5.60. The summed E-state index contributed by atoms with van der Waals surface area (Å²) in [5.74, 6) is -0.472. The number of carbonyl (C=O) groups excluding carboxylic acids is 2. The van der Waals surface area contributed by atoms with Crippen LogP contribution in [0.3, 0.4) is 0 Å². The van der Waals surface area contributed by atoms with E-state index in [4.69, 9.17) is 0 Å². The number of allylic oxidation sites excluding steroid dienone is 1. The standard InChI is InChI=1S/C14H15NO2/c1-8-4-9(2)6-11(5-8)10(3)12-7-13(16)15-14(12)17/h4-6H,7H2,1-3H3,(H,15,16,17)/b12-10+. The lowest BCUT2D eigenvalue weighted by atomic mass is 9.97. The summed E-state index contributed by atoms with van der Waals surface area (Å²) in [6.07, 6.45) is 0.192. The zero-order chi connectivity index (χ0) is 12.6. The van der Waals surface area contributed by atoms with Crippen LogP contribution in [-0.4, -0.2) is 11.8 Å². The molecule has 0 spiro atoms. The predicted octanol–water partition coefficient (Wildman–Crippen LogP) is 2.12. The number of imide groups is 1. The van der Waals surface area contributed by atoms with Crippen molar-refractivity contribution in [2.24, 2.45) is 0 Å². The highest BCUT2D eigenvalue weighted by atomic mass is 16.2. The third kappa shape index (κ3) is 2.28. The molecule has 3 heteroatoms. The summed E-state index contributed by atoms with van der Waals surface area (Å²) >= 11 is 0. The summed E-state index contributed by atoms with van der Waals surface area (Å²) < 4.78 is 0. The van der Waals surface area contributed by atoms with E-state index in [-0.39, 0.29) is 18.2 Å². The molecule has 17 heavy (non-hydrogen) atoms. The molecule has 0 saturated carbocycles. The monoisotopic (exact) mass is 229 g/mol. The molecule has 1 saturated heterocycles. The summed E-state index contributed by atoms with van der Waals surface area (Å²) in [5, 5.41) is 2.31. The van der Waals surface area contributed by atoms with Crippen molar-refractivity contribution in [1.82, 2.24) is 5.32 Å². The number of nitrogens with one attached hydrogen (secondary N) is 1. The van der Waals surface area contributed by atoms with Gasteiger partial charge in [0.05, 0.1) is 6.42 Å². The topological polar surface area (TPSA) is 46.2 Å². The van der Waals surface area contributed by atoms with Crippen molar-refractivity contribution in [2.45, 2.75) is 27.2 Å². The van der Waals surface area contributed by atoms with Gasteiger partial charge in [-0.3, -0.25) is 14.9 Å². The van der Waals surface area contributed by atoms with Crippen LogP contribution >= 0.6 is 0 Å². The fourth-order valence-electron chi connectivity index (χ4n) is 2.16. The number of carbonyl (C=O) groups is 2. The SMILES string of the molecule is C/C(=C1/CC(=O)NC1=O)c1cc(C)cc(C)c1. The Hall–Kier alpha value is -1.90. The van der Waals surface area contributed by atoms with Gasteiger partial charge in [0.1, 0.15) is 0 Å². The van der Waals surface area contributed by atoms with Gasteiger partial charge in [-0.05, 0) is 31.9 Å². The average Bonchev–Trinajstić information content (AvgIpc) is 2.55. The van der Waals surface area contributed by atoms with Gasteiger partial charge in [0.2, 0.25) is 5.91 Å². The third-order valence-corrected chi connectivity index (χ3v) is 2.97. The Kier molecular flexibility index (Phi) is 2.84. The zero-order valence-electron chi connectivity index (χ0n) is 10.3. The molecule has 0 atom stereocenters. The van der Waals surface area contributed by atoms with Crippen LogP contribution in [0.5, 0.6) is 0 Å². The normalized spacial score (nSPS) is 18.3. The van der Waals surface area contributed by atoms with Gasteiger partial charge in [-0.25, -0.2) is 0 Å². The second-order valence-corrected chi connectivity index (χ2v) is 4.53. The number of hydrogen-bond acceptors (Lipinski definition) is 2. The largest absolute Gasteiger partial charge is 0.292 e. The van der Waals surface area contributed by atoms with Crippen LogP contribution in [0.1, 0.15) is 30.0 Å². The van der Waals surface area contributed by atoms with Crippen molar-refractivity contribution >= 4 is 17.4 Å². The van der Waals surface area contributed by atoms with Gasteiger partial charge in [-0.2, -0.15) is 0 Å². The van der Waals surface area contributed by atoms with E-state index in [0.29, 0.717) is 5.57 Å². The highest BCUT2D eigenvalue weighted by molar-refractivity contribution is 6.17. The Labute approximate surface area is 101 Å². The van der Waals surface area contributed by atoms with Crippen molar-refractivity contribution in [3.8, 4) is 0 Å². The first-order chi connectivity index (χ1) is 7.97. The van der Waals surface area contributed by atoms with Crippen LogP contribution < -0.4 is 5.32 Å². The quantitative estimate of drug-likeness (QED) is 0.592. The molecule has 1 aromatic carbocycles. The Bertz CT molecular complexity index is 521. The van der Waals surface area contributed by atoms with Gasteiger partial charge in [0.25, 0.3) is 5.91 Å². The van der Waals surface area contributed by atoms with Crippen LogP contribution in [0, 0.1) is 13.8 Å². The van der Waals surface area contributed by atoms with Crippen LogP contribution in [0.2, 0.25) is 0 Å². The van der Waals surface area contributed by atoms with Gasteiger partial charge in [-0.1, -0.05) is 29.3 Å². The van der Waals surface area contributed by atoms with E-state index in [1.807, 2.05) is 32.9 Å². The molecule has 1 aromatic rings. The summed E-state index contributed by atoms with van der Waals surface area (Å²) in [6.45, 7) is 5.93. The van der Waals surface area contributed by atoms with Gasteiger partial charge in [-0.15, -0.1) is 0 Å². The lowest BCUT2D eigenvalue weighted by Crippen LogP contribution is -2.19. The lowest BCUT2D eigenvalue weighted by molar-refractivity contribution is -0.124. The fourth-order valence-corrected chi connectivity index (χ4v) is 2.16. The first-order valence-electron chi connectivity index (χ1n) is 5.60. The maximum atomic E-state index is 11.6. The van der Waals surface area contributed by atoms with Gasteiger partial charge in [0, 0.05) is 5.57 Å². The van der Waals surface area contributed by atoms with Crippen molar-refractivity contribution in [1.29, 1.82) is 0 Å². The number of rotatable bonds is 1. The molecule has 1 aliphatic rings. The minimum absolute atomic E-state index is 0.192. The highest BCUT2D eigenvalue weighted by Crippen LogP contribution is 2.25. The van der Waals surface area contributed by atoms with Crippen LogP contribution in [-0.2, 0) is 9.59 Å². The van der Waals surface area contributed by atoms with Gasteiger partial charge in [0.15, 0.2) is 0 Å². The average molecular weight is 229 g/mol. The van der Waals surface area contributed by atoms with E-state index >= 15 is 0 Å². The second-order valence-electron chi connectivity index (χ2n) is 4.53. The molecular formula is C14H15NO2. The molecule has 1 fully saturated rings. The third-order valence-electron chi connectivity index (χ3n) is 2.97. The molecule has 1 aliphatic heterocycles. The molecule has 0 aliphatic carbocycles. The van der Waals surface area contributed by atoms with Gasteiger partial charge < -0.3 is 0 Å². The number of aryl methyl sites for hydroxylation is 2. The van der Waals surface area contributed by atoms with E-state index in [1.165, 1.54) is 0 Å². The lowest BCUT2D eigenvalue weighted by Gasteiger charge is -2.07. The first kappa shape index (κ1) is 11.6. The molecule has 1 heterocycles. The molecular weight excluding hydrogens is 214 g/mol. The smallest absolute Gasteiger partial charge is 0.254 e. The zero-order valence-corrected chi connectivity index (χ0v) is 10.3. The van der Waals surface area contributed by atoms with Crippen molar-refractivity contribution in [3.63, 3.8) is 0 Å². The van der Waals surface area contributed by atoms with Crippen LogP contribution in [0.15, 0.2) is 23.8 Å². The maximum Gasteiger partial charge on any atom is 0.254 e. The van der Waals surface area contributed by atoms with Gasteiger partial charge >= 0.3 is 0 Å². The minimum atomic E-state index is -0.258. The van der Waals surface area contributed by atoms with Crippen molar-refractivity contribution in [2.75, 3.05) is 0 Å². The maximum absolute atomic E-state index is 11.6. The Balaban J connectivity index is 2.49. The molecule has 3 nitrogen and oxygen atoms in total. The Morgan fingerprint density at radius 1 is 1.12 bits per heavy atom. The van der Waals surface area contributed by atoms with E-state index in [0.717, 1.165) is 22.3 Å². The number of amides is 2. The molecule has 0 radical (unpaired) electrons. The molecule has 2 amide bonds. The van der Waals surface area contributed by atoms with E-state index < -0.39 is 0 Å². The van der Waals surface area contributed by atoms with E-state index in [2.05, 4.69) is 11.4 Å². The van der Waals surface area contributed by atoms with Crippen molar-refractivity contribution in [3.05, 3.63) is 40.5 Å². The second kappa shape index (κ2) is 4.17. The number of benzene rings is 1. The molecule has 2 rings (SSSR count). The summed E-state index contributed by atoms with van der Waals surface area (Å²) in [6, 6.07) is 6.15. The molecule has 88 valence electrons. The molecule has 0 unspecified atom stereocenters. The highest BCUT2D eigenvalue weighted by Gasteiger charge is 2.26. The molecule has 0 bridgehead atoms. The summed E-state index contributed by atoms with van der Waals surface area (Å²) in [5.41, 5.74) is 4.80. The van der Waals surface area contributed by atoms with Crippen LogP contribution in [0.25, 0.3) is 5.57 Å².